The lowest BCUT2D eigenvalue weighted by molar-refractivity contribution is 0.100. The smallest absolute Gasteiger partial charge is 0.248 e. The van der Waals surface area contributed by atoms with Gasteiger partial charge < -0.3 is 20.9 Å². The normalized spacial score (nSPS) is 9.95. The topological polar surface area (TPSA) is 87.6 Å². The molecule has 2 aromatic carbocycles. The average Bonchev–Trinajstić information content (AvgIpc) is 2.41. The van der Waals surface area contributed by atoms with E-state index in [9.17, 15) is 4.79 Å². The largest absolute Gasteiger partial charge is 0.494 e. The quantitative estimate of drug-likeness (QED) is 0.823. The second-order valence-corrected chi connectivity index (χ2v) is 3.89. The molecule has 0 saturated carbocycles. The Morgan fingerprint density at radius 2 is 1.68 bits per heavy atom. The number of ether oxygens (including phenoxy) is 2. The third kappa shape index (κ3) is 2.95. The van der Waals surface area contributed by atoms with Crippen LogP contribution >= 0.6 is 0 Å². The van der Waals surface area contributed by atoms with E-state index < -0.39 is 5.91 Å². The van der Waals surface area contributed by atoms with Crippen LogP contribution in [0.5, 0.6) is 17.2 Å². The molecule has 0 heterocycles. The molecule has 0 unspecified atom stereocenters. The summed E-state index contributed by atoms with van der Waals surface area (Å²) in [5.74, 6) is 1.27. The summed E-state index contributed by atoms with van der Waals surface area (Å²) in [7, 11) is 1.54. The summed E-state index contributed by atoms with van der Waals surface area (Å²) in [6.45, 7) is 0. The van der Waals surface area contributed by atoms with Gasteiger partial charge in [-0.3, -0.25) is 4.79 Å². The summed E-state index contributed by atoms with van der Waals surface area (Å²) < 4.78 is 10.7. The summed E-state index contributed by atoms with van der Waals surface area (Å²) in [6.07, 6.45) is 0. The van der Waals surface area contributed by atoms with Crippen molar-refractivity contribution >= 4 is 11.6 Å². The number of rotatable bonds is 4. The Balaban J connectivity index is 2.19. The Bertz CT molecular complexity index is 594. The number of nitrogen functional groups attached to an aromatic ring is 1. The number of nitrogens with two attached hydrogens (primary N) is 2. The maximum atomic E-state index is 10.9. The van der Waals surface area contributed by atoms with E-state index in [0.717, 1.165) is 0 Å². The highest BCUT2D eigenvalue weighted by Crippen LogP contribution is 2.29. The number of benzene rings is 2. The molecular formula is C14H14N2O3. The van der Waals surface area contributed by atoms with Crippen molar-refractivity contribution in [3.05, 3.63) is 48.0 Å². The number of anilines is 1. The number of hydrogen-bond donors (Lipinski definition) is 2. The lowest BCUT2D eigenvalue weighted by atomic mass is 10.2. The van der Waals surface area contributed by atoms with Gasteiger partial charge in [0.15, 0.2) is 0 Å². The highest BCUT2D eigenvalue weighted by Gasteiger charge is 2.04. The molecule has 5 heteroatoms. The predicted molar refractivity (Wildman–Crippen MR) is 72.4 cm³/mol. The van der Waals surface area contributed by atoms with Crippen molar-refractivity contribution in [2.24, 2.45) is 5.73 Å². The SMILES string of the molecule is COc1cc(Oc2ccc(C(N)=O)cc2)ccc1N. The lowest BCUT2D eigenvalue weighted by Gasteiger charge is -2.09. The zero-order chi connectivity index (χ0) is 13.8. The monoisotopic (exact) mass is 258 g/mol. The van der Waals surface area contributed by atoms with Gasteiger partial charge in [-0.15, -0.1) is 0 Å². The number of carbonyl (C=O) groups is 1. The van der Waals surface area contributed by atoms with E-state index >= 15 is 0 Å². The van der Waals surface area contributed by atoms with Crippen LogP contribution in [0.3, 0.4) is 0 Å². The maximum Gasteiger partial charge on any atom is 0.248 e. The minimum Gasteiger partial charge on any atom is -0.494 e. The number of methoxy groups -OCH3 is 1. The molecule has 0 fully saturated rings. The standard InChI is InChI=1S/C14H14N2O3/c1-18-13-8-11(6-7-12(13)15)19-10-4-2-9(3-5-10)14(16)17/h2-8H,15H2,1H3,(H2,16,17). The zero-order valence-electron chi connectivity index (χ0n) is 10.4. The van der Waals surface area contributed by atoms with Crippen LogP contribution in [0.15, 0.2) is 42.5 Å². The summed E-state index contributed by atoms with van der Waals surface area (Å²) in [5, 5.41) is 0. The first-order chi connectivity index (χ1) is 9.10. The first kappa shape index (κ1) is 12.8. The van der Waals surface area contributed by atoms with Crippen LogP contribution < -0.4 is 20.9 Å². The van der Waals surface area contributed by atoms with E-state index in [-0.39, 0.29) is 0 Å². The zero-order valence-corrected chi connectivity index (χ0v) is 10.4. The third-order valence-electron chi connectivity index (χ3n) is 2.58. The highest BCUT2D eigenvalue weighted by atomic mass is 16.5. The van der Waals surface area contributed by atoms with Gasteiger partial charge in [-0.2, -0.15) is 0 Å². The minimum absolute atomic E-state index is 0.433. The van der Waals surface area contributed by atoms with Gasteiger partial charge in [-0.1, -0.05) is 0 Å². The molecule has 0 saturated heterocycles. The first-order valence-corrected chi connectivity index (χ1v) is 5.61. The molecular weight excluding hydrogens is 244 g/mol. The van der Waals surface area contributed by atoms with Crippen molar-refractivity contribution in [1.29, 1.82) is 0 Å². The Morgan fingerprint density at radius 1 is 1.05 bits per heavy atom. The molecule has 19 heavy (non-hydrogen) atoms. The van der Waals surface area contributed by atoms with Crippen molar-refractivity contribution in [2.75, 3.05) is 12.8 Å². The van der Waals surface area contributed by atoms with Gasteiger partial charge in [0.05, 0.1) is 12.8 Å². The molecule has 1 amide bonds. The molecule has 0 aliphatic carbocycles. The minimum atomic E-state index is -0.472. The van der Waals surface area contributed by atoms with Crippen LogP contribution in [0.25, 0.3) is 0 Å². The van der Waals surface area contributed by atoms with E-state index in [1.54, 1.807) is 42.5 Å². The van der Waals surface area contributed by atoms with Crippen molar-refractivity contribution in [2.45, 2.75) is 0 Å². The van der Waals surface area contributed by atoms with Gasteiger partial charge >= 0.3 is 0 Å². The lowest BCUT2D eigenvalue weighted by Crippen LogP contribution is -2.10. The summed E-state index contributed by atoms with van der Waals surface area (Å²) in [6, 6.07) is 11.7. The van der Waals surface area contributed by atoms with Crippen LogP contribution in [0.2, 0.25) is 0 Å². The van der Waals surface area contributed by atoms with Crippen molar-refractivity contribution in [3.63, 3.8) is 0 Å². The predicted octanol–water partition coefficient (Wildman–Crippen LogP) is 2.17. The van der Waals surface area contributed by atoms with Crippen molar-refractivity contribution in [3.8, 4) is 17.2 Å². The van der Waals surface area contributed by atoms with Gasteiger partial charge in [-0.25, -0.2) is 0 Å². The van der Waals surface area contributed by atoms with Crippen LogP contribution in [0.1, 0.15) is 10.4 Å². The summed E-state index contributed by atoms with van der Waals surface area (Å²) in [5.41, 5.74) is 11.8. The molecule has 4 N–H and O–H groups in total. The Hall–Kier alpha value is -2.69. The number of hydrogen-bond acceptors (Lipinski definition) is 4. The van der Waals surface area contributed by atoms with Gasteiger partial charge in [0, 0.05) is 11.6 Å². The van der Waals surface area contributed by atoms with Gasteiger partial charge in [0.2, 0.25) is 5.91 Å². The third-order valence-corrected chi connectivity index (χ3v) is 2.58. The van der Waals surface area contributed by atoms with Gasteiger partial charge in [0.25, 0.3) is 0 Å². The Labute approximate surface area is 110 Å². The molecule has 98 valence electrons. The number of amides is 1. The molecule has 0 atom stereocenters. The molecule has 0 aliphatic heterocycles. The van der Waals surface area contributed by atoms with Gasteiger partial charge in [-0.05, 0) is 36.4 Å². The Morgan fingerprint density at radius 3 is 2.26 bits per heavy atom. The molecule has 0 spiro atoms. The molecule has 0 radical (unpaired) electrons. The van der Waals surface area contributed by atoms with E-state index in [0.29, 0.717) is 28.5 Å². The fraction of sp³-hybridized carbons (Fsp3) is 0.0714. The van der Waals surface area contributed by atoms with Crippen molar-refractivity contribution in [1.82, 2.24) is 0 Å². The number of primary amides is 1. The molecule has 5 nitrogen and oxygen atoms in total. The fourth-order valence-electron chi connectivity index (χ4n) is 1.58. The maximum absolute atomic E-state index is 10.9. The summed E-state index contributed by atoms with van der Waals surface area (Å²) >= 11 is 0. The van der Waals surface area contributed by atoms with E-state index in [1.165, 1.54) is 7.11 Å². The molecule has 0 aromatic heterocycles. The van der Waals surface area contributed by atoms with E-state index in [4.69, 9.17) is 20.9 Å². The van der Waals surface area contributed by atoms with E-state index in [2.05, 4.69) is 0 Å². The first-order valence-electron chi connectivity index (χ1n) is 5.61. The Kier molecular flexibility index (Phi) is 3.56. The second kappa shape index (κ2) is 5.30. The average molecular weight is 258 g/mol. The van der Waals surface area contributed by atoms with Gasteiger partial charge in [0.1, 0.15) is 17.2 Å². The molecule has 2 rings (SSSR count). The van der Waals surface area contributed by atoms with Crippen LogP contribution in [-0.4, -0.2) is 13.0 Å². The van der Waals surface area contributed by atoms with Crippen LogP contribution in [0, 0.1) is 0 Å². The second-order valence-electron chi connectivity index (χ2n) is 3.89. The molecule has 2 aromatic rings. The van der Waals surface area contributed by atoms with Crippen molar-refractivity contribution < 1.29 is 14.3 Å². The summed E-state index contributed by atoms with van der Waals surface area (Å²) in [4.78, 5) is 10.9. The van der Waals surface area contributed by atoms with Crippen LogP contribution in [-0.2, 0) is 0 Å². The van der Waals surface area contributed by atoms with Crippen LogP contribution in [0.4, 0.5) is 5.69 Å². The molecule has 0 bridgehead atoms. The molecule has 0 aliphatic rings. The number of carbonyl (C=O) groups excluding carboxylic acids is 1. The highest BCUT2D eigenvalue weighted by molar-refractivity contribution is 5.92. The fourth-order valence-corrected chi connectivity index (χ4v) is 1.58. The van der Waals surface area contributed by atoms with E-state index in [1.807, 2.05) is 0 Å².